The van der Waals surface area contributed by atoms with Crippen LogP contribution in [0, 0.1) is 5.82 Å². The fourth-order valence-electron chi connectivity index (χ4n) is 4.95. The van der Waals surface area contributed by atoms with Crippen molar-refractivity contribution < 1.29 is 23.5 Å². The molecule has 2 aliphatic heterocycles. The Morgan fingerprint density at radius 1 is 1.03 bits per heavy atom. The zero-order chi connectivity index (χ0) is 23.7. The van der Waals surface area contributed by atoms with Crippen LogP contribution in [-0.4, -0.2) is 46.2 Å². The van der Waals surface area contributed by atoms with Crippen molar-refractivity contribution in [2.24, 2.45) is 0 Å². The van der Waals surface area contributed by atoms with Crippen LogP contribution in [0.5, 0.6) is 0 Å². The molecule has 6 nitrogen and oxygen atoms in total. The molecule has 1 N–H and O–H groups in total. The summed E-state index contributed by atoms with van der Waals surface area (Å²) >= 11 is 0. The summed E-state index contributed by atoms with van der Waals surface area (Å²) in [6.07, 6.45) is 3.51. The number of Topliss-reactive ketones (excluding diaryl/α,β-unsaturated/α-hetero) is 1. The first kappa shape index (κ1) is 22.1. The molecule has 1 saturated heterocycles. The molecule has 0 aliphatic carbocycles. The lowest BCUT2D eigenvalue weighted by Crippen LogP contribution is -2.40. The van der Waals surface area contributed by atoms with Gasteiger partial charge in [-0.05, 0) is 61.3 Å². The number of nitrogens with zero attached hydrogens (tertiary/aromatic N) is 2. The Hall–Kier alpha value is -3.71. The summed E-state index contributed by atoms with van der Waals surface area (Å²) in [5.74, 6) is -2.17. The molecular formula is C27H25FN2O4. The number of ketones is 1. The molecule has 2 aromatic carbocycles. The average molecular weight is 461 g/mol. The Balaban J connectivity index is 1.56. The quantitative estimate of drug-likeness (QED) is 0.511. The van der Waals surface area contributed by atoms with E-state index in [1.807, 2.05) is 30.3 Å². The number of hydrogen-bond donors (Lipinski definition) is 1. The summed E-state index contributed by atoms with van der Waals surface area (Å²) in [5.41, 5.74) is 1.54. The van der Waals surface area contributed by atoms with E-state index in [9.17, 15) is 19.1 Å². The molecule has 2 unspecified atom stereocenters. The molecule has 3 aromatic rings. The molecular weight excluding hydrogens is 435 g/mol. The van der Waals surface area contributed by atoms with Crippen LogP contribution in [-0.2, 0) is 4.79 Å². The maximum Gasteiger partial charge on any atom is 0.290 e. The molecule has 3 heterocycles. The van der Waals surface area contributed by atoms with Gasteiger partial charge in [0.05, 0.1) is 23.9 Å². The summed E-state index contributed by atoms with van der Waals surface area (Å²) < 4.78 is 19.0. The zero-order valence-electron chi connectivity index (χ0n) is 18.6. The molecule has 5 rings (SSSR count). The van der Waals surface area contributed by atoms with Crippen LogP contribution in [0.1, 0.15) is 46.6 Å². The number of carbonyl (C=O) groups excluding carboxylic acids is 2. The minimum atomic E-state index is -0.862. The van der Waals surface area contributed by atoms with Gasteiger partial charge in [-0.1, -0.05) is 42.5 Å². The molecule has 2 aliphatic rings. The van der Waals surface area contributed by atoms with Crippen molar-refractivity contribution >= 4 is 11.7 Å². The van der Waals surface area contributed by atoms with Gasteiger partial charge in [0.2, 0.25) is 5.78 Å². The SMILES string of the molecule is O=C(C1=C(O)C(=O)N(CC(c2ccccc2)N2CCCC2)C1c1ccc(F)cc1)c1ccco1. The van der Waals surface area contributed by atoms with Crippen molar-refractivity contribution in [1.29, 1.82) is 0 Å². The fourth-order valence-corrected chi connectivity index (χ4v) is 4.95. The third-order valence-corrected chi connectivity index (χ3v) is 6.61. The smallest absolute Gasteiger partial charge is 0.290 e. The first-order valence-electron chi connectivity index (χ1n) is 11.4. The third-order valence-electron chi connectivity index (χ3n) is 6.61. The van der Waals surface area contributed by atoms with Crippen molar-refractivity contribution in [3.05, 3.63) is 107 Å². The van der Waals surface area contributed by atoms with E-state index in [4.69, 9.17) is 4.42 Å². The van der Waals surface area contributed by atoms with Crippen LogP contribution in [0.25, 0.3) is 0 Å². The van der Waals surface area contributed by atoms with E-state index in [2.05, 4.69) is 4.90 Å². The first-order valence-corrected chi connectivity index (χ1v) is 11.4. The topological polar surface area (TPSA) is 74.0 Å². The van der Waals surface area contributed by atoms with E-state index in [1.165, 1.54) is 29.4 Å². The van der Waals surface area contributed by atoms with E-state index >= 15 is 0 Å². The van der Waals surface area contributed by atoms with Gasteiger partial charge in [-0.2, -0.15) is 0 Å². The van der Waals surface area contributed by atoms with Crippen LogP contribution in [0.15, 0.2) is 88.7 Å². The Morgan fingerprint density at radius 2 is 1.74 bits per heavy atom. The van der Waals surface area contributed by atoms with Gasteiger partial charge in [-0.25, -0.2) is 4.39 Å². The summed E-state index contributed by atoms with van der Waals surface area (Å²) in [6, 6.07) is 17.7. The molecule has 1 amide bonds. The third kappa shape index (κ3) is 4.03. The van der Waals surface area contributed by atoms with E-state index in [0.717, 1.165) is 31.5 Å². The Kier molecular flexibility index (Phi) is 6.02. The van der Waals surface area contributed by atoms with Gasteiger partial charge in [0, 0.05) is 6.54 Å². The minimum absolute atomic E-state index is 0.0301. The Morgan fingerprint density at radius 3 is 2.38 bits per heavy atom. The van der Waals surface area contributed by atoms with E-state index in [0.29, 0.717) is 5.56 Å². The average Bonchev–Trinajstić information content (AvgIpc) is 3.62. The predicted molar refractivity (Wildman–Crippen MR) is 124 cm³/mol. The van der Waals surface area contributed by atoms with E-state index < -0.39 is 29.3 Å². The van der Waals surface area contributed by atoms with Crippen LogP contribution in [0.3, 0.4) is 0 Å². The molecule has 0 spiro atoms. The summed E-state index contributed by atoms with van der Waals surface area (Å²) in [5, 5.41) is 10.9. The highest BCUT2D eigenvalue weighted by atomic mass is 19.1. The lowest BCUT2D eigenvalue weighted by molar-refractivity contribution is -0.130. The van der Waals surface area contributed by atoms with Crippen LogP contribution in [0.4, 0.5) is 4.39 Å². The Labute approximate surface area is 196 Å². The van der Waals surface area contributed by atoms with Crippen LogP contribution in [0.2, 0.25) is 0 Å². The summed E-state index contributed by atoms with van der Waals surface area (Å²) in [7, 11) is 0. The van der Waals surface area contributed by atoms with Crippen molar-refractivity contribution in [3.63, 3.8) is 0 Å². The lowest BCUT2D eigenvalue weighted by Gasteiger charge is -2.35. The number of likely N-dealkylation sites (tertiary alicyclic amines) is 1. The largest absolute Gasteiger partial charge is 0.503 e. The molecule has 0 bridgehead atoms. The molecule has 2 atom stereocenters. The van der Waals surface area contributed by atoms with Gasteiger partial charge in [0.25, 0.3) is 5.91 Å². The van der Waals surface area contributed by atoms with Gasteiger partial charge < -0.3 is 14.4 Å². The highest BCUT2D eigenvalue weighted by Gasteiger charge is 2.45. The predicted octanol–water partition coefficient (Wildman–Crippen LogP) is 4.83. The number of carbonyl (C=O) groups is 2. The monoisotopic (exact) mass is 460 g/mol. The molecule has 1 fully saturated rings. The maximum atomic E-state index is 13.7. The standard InChI is InChI=1S/C27H25FN2O4/c28-20-12-10-19(11-13-20)24-23(25(31)22-9-6-16-34-22)26(32)27(33)30(24)17-21(29-14-4-5-15-29)18-7-2-1-3-8-18/h1-3,6-13,16,21,24,32H,4-5,14-15,17H2. The van der Waals surface area contributed by atoms with Crippen LogP contribution < -0.4 is 0 Å². The van der Waals surface area contributed by atoms with Gasteiger partial charge in [0.15, 0.2) is 11.5 Å². The van der Waals surface area contributed by atoms with Gasteiger partial charge in [-0.15, -0.1) is 0 Å². The van der Waals surface area contributed by atoms with Gasteiger partial charge in [-0.3, -0.25) is 14.5 Å². The maximum absolute atomic E-state index is 13.7. The van der Waals surface area contributed by atoms with Crippen molar-refractivity contribution in [1.82, 2.24) is 9.80 Å². The number of aliphatic hydroxyl groups excluding tert-OH is 1. The van der Waals surface area contributed by atoms with Crippen LogP contribution >= 0.6 is 0 Å². The number of halogens is 1. The number of rotatable bonds is 7. The molecule has 0 saturated carbocycles. The number of amides is 1. The van der Waals surface area contributed by atoms with E-state index in [-0.39, 0.29) is 23.9 Å². The Bertz CT molecular complexity index is 1200. The molecule has 1 aromatic heterocycles. The highest BCUT2D eigenvalue weighted by Crippen LogP contribution is 2.41. The van der Waals surface area contributed by atoms with Gasteiger partial charge in [0.1, 0.15) is 5.82 Å². The van der Waals surface area contributed by atoms with Crippen molar-refractivity contribution in [3.8, 4) is 0 Å². The zero-order valence-corrected chi connectivity index (χ0v) is 18.6. The minimum Gasteiger partial charge on any atom is -0.503 e. The molecule has 7 heteroatoms. The molecule has 0 radical (unpaired) electrons. The van der Waals surface area contributed by atoms with Crippen molar-refractivity contribution in [2.75, 3.05) is 19.6 Å². The number of aliphatic hydroxyl groups is 1. The summed E-state index contributed by atoms with van der Waals surface area (Å²) in [6.45, 7) is 2.07. The normalized spacial score (nSPS) is 19.7. The second kappa shape index (κ2) is 9.27. The lowest BCUT2D eigenvalue weighted by atomic mass is 9.94. The van der Waals surface area contributed by atoms with Gasteiger partial charge >= 0.3 is 0 Å². The van der Waals surface area contributed by atoms with E-state index in [1.54, 1.807) is 18.2 Å². The summed E-state index contributed by atoms with van der Waals surface area (Å²) in [4.78, 5) is 30.5. The second-order valence-electron chi connectivity index (χ2n) is 8.65. The number of furan rings is 1. The highest BCUT2D eigenvalue weighted by molar-refractivity contribution is 6.15. The molecule has 174 valence electrons. The second-order valence-corrected chi connectivity index (χ2v) is 8.65. The van der Waals surface area contributed by atoms with Crippen molar-refractivity contribution in [2.45, 2.75) is 24.9 Å². The number of hydrogen-bond acceptors (Lipinski definition) is 5. The molecule has 34 heavy (non-hydrogen) atoms. The first-order chi connectivity index (χ1) is 16.5. The fraction of sp³-hybridized carbons (Fsp3) is 0.259. The number of benzene rings is 2.